The van der Waals surface area contributed by atoms with E-state index in [2.05, 4.69) is 17.7 Å². The fourth-order valence-corrected chi connectivity index (χ4v) is 3.34. The molecule has 9 heteroatoms. The average Bonchev–Trinajstić information content (AvgIpc) is 2.82. The molecule has 1 aromatic carbocycles. The Morgan fingerprint density at radius 2 is 1.67 bits per heavy atom. The molecule has 3 atom stereocenters. The van der Waals surface area contributed by atoms with Gasteiger partial charge >= 0.3 is 5.97 Å². The monoisotopic (exact) mass is 508 g/mol. The molecule has 0 heterocycles. The van der Waals surface area contributed by atoms with E-state index in [0.717, 1.165) is 18.4 Å². The number of benzene rings is 1. The Morgan fingerprint density at radius 3 is 2.28 bits per heavy atom. The fourth-order valence-electron chi connectivity index (χ4n) is 3.34. The molecule has 0 saturated heterocycles. The zero-order valence-corrected chi connectivity index (χ0v) is 22.4. The predicted octanol–water partition coefficient (Wildman–Crippen LogP) is 3.29. The van der Waals surface area contributed by atoms with E-state index in [-0.39, 0.29) is 19.6 Å². The van der Waals surface area contributed by atoms with Gasteiger partial charge < -0.3 is 19.9 Å². The minimum Gasteiger partial charge on any atom is -0.464 e. The number of carbonyl (C=O) groups excluding carboxylic acids is 3. The molecule has 9 nitrogen and oxygen atoms in total. The topological polar surface area (TPSA) is 123 Å². The highest BCUT2D eigenvalue weighted by Gasteiger charge is 2.35. The molecule has 0 radical (unpaired) electrons. The highest BCUT2D eigenvalue weighted by molar-refractivity contribution is 5.88. The van der Waals surface area contributed by atoms with E-state index >= 15 is 0 Å². The Morgan fingerprint density at radius 1 is 1.00 bits per heavy atom. The Kier molecular flexibility index (Phi) is 14.9. The highest BCUT2D eigenvalue weighted by Crippen LogP contribution is 2.22. The summed E-state index contributed by atoms with van der Waals surface area (Å²) in [6.07, 6.45) is 1.99. The van der Waals surface area contributed by atoms with Gasteiger partial charge in [-0.2, -0.15) is 0 Å². The molecule has 0 aliphatic carbocycles. The Balaban J connectivity index is 2.79. The van der Waals surface area contributed by atoms with Crippen molar-refractivity contribution < 1.29 is 33.8 Å². The van der Waals surface area contributed by atoms with Crippen LogP contribution in [0, 0.1) is 11.3 Å². The number of hydrogen-bond donors (Lipinski definition) is 3. The van der Waals surface area contributed by atoms with Crippen LogP contribution in [0.3, 0.4) is 0 Å². The van der Waals surface area contributed by atoms with Crippen molar-refractivity contribution in [3.63, 3.8) is 0 Å². The van der Waals surface area contributed by atoms with Gasteiger partial charge in [0.1, 0.15) is 12.7 Å². The van der Waals surface area contributed by atoms with E-state index in [1.165, 1.54) is 6.92 Å². The van der Waals surface area contributed by atoms with Crippen LogP contribution in [0.15, 0.2) is 30.3 Å². The van der Waals surface area contributed by atoms with Crippen molar-refractivity contribution in [3.05, 3.63) is 35.9 Å². The van der Waals surface area contributed by atoms with Gasteiger partial charge in [0.25, 0.3) is 5.91 Å². The van der Waals surface area contributed by atoms with E-state index in [4.69, 9.17) is 14.3 Å². The largest absolute Gasteiger partial charge is 0.464 e. The van der Waals surface area contributed by atoms with Crippen molar-refractivity contribution in [2.45, 2.75) is 85.5 Å². The van der Waals surface area contributed by atoms with Gasteiger partial charge in [0.05, 0.1) is 18.6 Å². The number of rotatable bonds is 17. The number of aliphatic hydroxyl groups is 1. The lowest BCUT2D eigenvalue weighted by molar-refractivity contribution is -0.151. The Hall–Kier alpha value is -2.49. The van der Waals surface area contributed by atoms with Gasteiger partial charge in [-0.25, -0.2) is 5.48 Å². The molecule has 0 fully saturated rings. The second kappa shape index (κ2) is 17.1. The number of carbonyl (C=O) groups is 3. The highest BCUT2D eigenvalue weighted by atomic mass is 16.7. The maximum Gasteiger partial charge on any atom is 0.302 e. The first-order valence-corrected chi connectivity index (χ1v) is 12.7. The number of ether oxygens (including phenoxy) is 2. The summed E-state index contributed by atoms with van der Waals surface area (Å²) in [5.41, 5.74) is 2.68. The molecule has 0 unspecified atom stereocenters. The van der Waals surface area contributed by atoms with Gasteiger partial charge in [0.15, 0.2) is 0 Å². The smallest absolute Gasteiger partial charge is 0.302 e. The third kappa shape index (κ3) is 13.0. The Labute approximate surface area is 215 Å². The number of hydrogen-bond acceptors (Lipinski definition) is 7. The van der Waals surface area contributed by atoms with Crippen molar-refractivity contribution >= 4 is 17.8 Å². The molecule has 36 heavy (non-hydrogen) atoms. The summed E-state index contributed by atoms with van der Waals surface area (Å²) in [7, 11) is 0. The molecule has 2 amide bonds. The van der Waals surface area contributed by atoms with Gasteiger partial charge in [0.2, 0.25) is 5.91 Å². The van der Waals surface area contributed by atoms with Crippen LogP contribution in [-0.4, -0.2) is 54.9 Å². The molecule has 0 bridgehead atoms. The van der Waals surface area contributed by atoms with Crippen LogP contribution in [0.1, 0.15) is 72.3 Å². The number of nitrogens with one attached hydrogen (secondary N) is 2. The summed E-state index contributed by atoms with van der Waals surface area (Å²) in [5, 5.41) is 13.7. The van der Waals surface area contributed by atoms with Gasteiger partial charge in [-0.3, -0.25) is 19.2 Å². The minimum absolute atomic E-state index is 0.00889. The second-order valence-electron chi connectivity index (χ2n) is 9.98. The first-order chi connectivity index (χ1) is 17.1. The predicted molar refractivity (Wildman–Crippen MR) is 136 cm³/mol. The summed E-state index contributed by atoms with van der Waals surface area (Å²) in [5.74, 6) is -2.74. The van der Waals surface area contributed by atoms with Crippen LogP contribution in [0.5, 0.6) is 0 Å². The fraction of sp³-hybridized carbons (Fsp3) is 0.667. The second-order valence-corrected chi connectivity index (χ2v) is 9.98. The maximum atomic E-state index is 13.2. The summed E-state index contributed by atoms with van der Waals surface area (Å²) < 4.78 is 10.7. The maximum absolute atomic E-state index is 13.2. The zero-order valence-electron chi connectivity index (χ0n) is 22.4. The number of amides is 2. The molecule has 0 spiro atoms. The molecule has 204 valence electrons. The van der Waals surface area contributed by atoms with Gasteiger partial charge in [-0.15, -0.1) is 0 Å². The van der Waals surface area contributed by atoms with E-state index in [0.29, 0.717) is 26.1 Å². The lowest BCUT2D eigenvalue weighted by atomic mass is 9.86. The molecule has 0 saturated carbocycles. The summed E-state index contributed by atoms with van der Waals surface area (Å²) in [6, 6.07) is 8.76. The van der Waals surface area contributed by atoms with Crippen LogP contribution in [0.25, 0.3) is 0 Å². The molecule has 0 aliphatic heterocycles. The van der Waals surface area contributed by atoms with E-state index in [1.807, 2.05) is 51.1 Å². The molecular formula is C27H44N2O7. The molecule has 1 aromatic rings. The first kappa shape index (κ1) is 31.5. The number of unbranched alkanes of at least 4 members (excludes halogenated alkanes) is 2. The minimum atomic E-state index is -1.61. The summed E-state index contributed by atoms with van der Waals surface area (Å²) in [6.45, 7) is 10.5. The lowest BCUT2D eigenvalue weighted by Gasteiger charge is -2.33. The standard InChI is InChI=1S/C27H44N2O7/c1-6-7-16-34-17-12-11-15-22(25(32)28-23(27(3,4)5)19-35-20(2)30)24(31)26(33)29-36-18-21-13-9-8-10-14-21/h8-10,13-14,22-24,31H,6-7,11-12,15-19H2,1-5H3,(H,28,32)(H,29,33)/t22-,23-,24+/m1/s1. The Bertz CT molecular complexity index is 780. The molecule has 1 rings (SSSR count). The first-order valence-electron chi connectivity index (χ1n) is 12.7. The number of esters is 1. The normalized spacial score (nSPS) is 13.9. The van der Waals surface area contributed by atoms with Crippen molar-refractivity contribution in [1.82, 2.24) is 10.8 Å². The van der Waals surface area contributed by atoms with E-state index in [1.54, 1.807) is 0 Å². The third-order valence-electron chi connectivity index (χ3n) is 5.75. The van der Waals surface area contributed by atoms with Crippen LogP contribution in [0.2, 0.25) is 0 Å². The lowest BCUT2D eigenvalue weighted by Crippen LogP contribution is -2.52. The van der Waals surface area contributed by atoms with Crippen molar-refractivity contribution in [1.29, 1.82) is 0 Å². The quantitative estimate of drug-likeness (QED) is 0.168. The molecule has 3 N–H and O–H groups in total. The van der Waals surface area contributed by atoms with Crippen molar-refractivity contribution in [3.8, 4) is 0 Å². The zero-order chi connectivity index (χ0) is 27.0. The van der Waals surface area contributed by atoms with Crippen LogP contribution in [0.4, 0.5) is 0 Å². The van der Waals surface area contributed by atoms with Gasteiger partial charge in [-0.1, -0.05) is 70.9 Å². The van der Waals surface area contributed by atoms with Crippen molar-refractivity contribution in [2.24, 2.45) is 11.3 Å². The summed E-state index contributed by atoms with van der Waals surface area (Å²) in [4.78, 5) is 42.4. The molecular weight excluding hydrogens is 464 g/mol. The molecule has 0 aromatic heterocycles. The van der Waals surface area contributed by atoms with E-state index < -0.39 is 41.3 Å². The van der Waals surface area contributed by atoms with Gasteiger partial charge in [-0.05, 0) is 30.2 Å². The van der Waals surface area contributed by atoms with E-state index in [9.17, 15) is 19.5 Å². The number of aliphatic hydroxyl groups excluding tert-OH is 1. The SMILES string of the molecule is CCCCOCCCC[C@@H](C(=O)N[C@H](COC(C)=O)C(C)(C)C)[C@H](O)C(=O)NOCc1ccccc1. The van der Waals surface area contributed by atoms with Crippen molar-refractivity contribution in [2.75, 3.05) is 19.8 Å². The average molecular weight is 509 g/mol. The van der Waals surface area contributed by atoms with Gasteiger partial charge in [0, 0.05) is 20.1 Å². The van der Waals surface area contributed by atoms with Crippen LogP contribution < -0.4 is 10.8 Å². The van der Waals surface area contributed by atoms with Crippen LogP contribution >= 0.6 is 0 Å². The van der Waals surface area contributed by atoms with Crippen LogP contribution in [-0.2, 0) is 35.3 Å². The molecule has 0 aliphatic rings. The number of hydroxylamine groups is 1. The third-order valence-corrected chi connectivity index (χ3v) is 5.75. The summed E-state index contributed by atoms with van der Waals surface area (Å²) >= 11 is 0.